The van der Waals surface area contributed by atoms with Gasteiger partial charge in [0, 0.05) is 19.7 Å². The summed E-state index contributed by atoms with van der Waals surface area (Å²) in [6.45, 7) is 2.93. The van der Waals surface area contributed by atoms with E-state index in [0.29, 0.717) is 29.1 Å². The molecular weight excluding hydrogens is 324 g/mol. The number of aryl methyl sites for hydroxylation is 1. The molecule has 132 valence electrons. The van der Waals surface area contributed by atoms with Crippen molar-refractivity contribution in [3.8, 4) is 11.4 Å². The summed E-state index contributed by atoms with van der Waals surface area (Å²) in [6.07, 6.45) is 1.57. The normalized spacial score (nSPS) is 11.2. The Labute approximate surface area is 143 Å². The number of fused-ring (bicyclic) bond motifs is 1. The van der Waals surface area contributed by atoms with E-state index in [2.05, 4.69) is 4.98 Å². The van der Waals surface area contributed by atoms with Crippen molar-refractivity contribution in [2.45, 2.75) is 20.0 Å². The van der Waals surface area contributed by atoms with Gasteiger partial charge in [0.2, 0.25) is 0 Å². The van der Waals surface area contributed by atoms with Crippen LogP contribution in [0, 0.1) is 0 Å². The lowest BCUT2D eigenvalue weighted by atomic mass is 10.3. The van der Waals surface area contributed by atoms with Crippen LogP contribution in [0.1, 0.15) is 6.92 Å². The molecule has 25 heavy (non-hydrogen) atoms. The van der Waals surface area contributed by atoms with Crippen LogP contribution in [0.3, 0.4) is 0 Å². The molecule has 3 rings (SSSR count). The van der Waals surface area contributed by atoms with Gasteiger partial charge in [-0.15, -0.1) is 0 Å². The number of benzene rings is 1. The minimum atomic E-state index is -0.454. The highest BCUT2D eigenvalue weighted by Crippen LogP contribution is 2.18. The van der Waals surface area contributed by atoms with Gasteiger partial charge >= 0.3 is 5.69 Å². The largest absolute Gasteiger partial charge is 0.497 e. The fourth-order valence-electron chi connectivity index (χ4n) is 2.78. The molecule has 0 saturated heterocycles. The van der Waals surface area contributed by atoms with E-state index in [9.17, 15) is 9.59 Å². The second kappa shape index (κ2) is 6.94. The zero-order chi connectivity index (χ0) is 18.0. The number of imidazole rings is 1. The quantitative estimate of drug-likeness (QED) is 0.667. The maximum Gasteiger partial charge on any atom is 0.337 e. The van der Waals surface area contributed by atoms with Crippen molar-refractivity contribution < 1.29 is 9.47 Å². The third kappa shape index (κ3) is 2.85. The lowest BCUT2D eigenvalue weighted by Gasteiger charge is -2.13. The van der Waals surface area contributed by atoms with E-state index in [1.165, 1.54) is 16.2 Å². The minimum absolute atomic E-state index is 0.170. The molecule has 8 nitrogen and oxygen atoms in total. The van der Waals surface area contributed by atoms with Crippen LogP contribution in [0.5, 0.6) is 5.75 Å². The maximum atomic E-state index is 13.0. The van der Waals surface area contributed by atoms with Gasteiger partial charge < -0.3 is 14.0 Å². The molecule has 0 amide bonds. The third-order valence-corrected chi connectivity index (χ3v) is 4.07. The van der Waals surface area contributed by atoms with Crippen LogP contribution < -0.4 is 16.0 Å². The van der Waals surface area contributed by atoms with Crippen molar-refractivity contribution in [3.63, 3.8) is 0 Å². The fraction of sp³-hybridized carbons (Fsp3) is 0.353. The van der Waals surface area contributed by atoms with Crippen LogP contribution in [-0.2, 0) is 17.8 Å². The SMILES string of the molecule is CCn1cnc2c1c(=O)n(CCOC)c(=O)n2-c1cccc(OC)c1. The van der Waals surface area contributed by atoms with Crippen molar-refractivity contribution in [2.24, 2.45) is 0 Å². The van der Waals surface area contributed by atoms with Crippen molar-refractivity contribution >= 4 is 11.2 Å². The molecule has 2 aromatic heterocycles. The molecule has 0 atom stereocenters. The van der Waals surface area contributed by atoms with E-state index in [-0.39, 0.29) is 18.7 Å². The van der Waals surface area contributed by atoms with E-state index in [1.54, 1.807) is 42.3 Å². The standard InChI is InChI=1S/C17H20N4O4/c1-4-19-11-18-15-14(19)16(22)20(8-9-24-2)17(23)21(15)12-6-5-7-13(10-12)25-3/h5-7,10-11H,4,8-9H2,1-3H3. The zero-order valence-corrected chi connectivity index (χ0v) is 14.4. The molecule has 0 aliphatic rings. The predicted octanol–water partition coefficient (Wildman–Crippen LogP) is 1.02. The average molecular weight is 344 g/mol. The number of hydrogen-bond donors (Lipinski definition) is 0. The Bertz CT molecular complexity index is 1020. The number of rotatable bonds is 6. The molecule has 0 aliphatic carbocycles. The second-order valence-corrected chi connectivity index (χ2v) is 5.47. The van der Waals surface area contributed by atoms with Crippen LogP contribution in [0.15, 0.2) is 40.2 Å². The van der Waals surface area contributed by atoms with E-state index in [1.807, 2.05) is 6.92 Å². The fourth-order valence-corrected chi connectivity index (χ4v) is 2.78. The van der Waals surface area contributed by atoms with Crippen LogP contribution in [0.4, 0.5) is 0 Å². The zero-order valence-electron chi connectivity index (χ0n) is 14.4. The number of aromatic nitrogens is 4. The van der Waals surface area contributed by atoms with Crippen molar-refractivity contribution in [1.29, 1.82) is 0 Å². The number of methoxy groups -OCH3 is 2. The van der Waals surface area contributed by atoms with Crippen LogP contribution in [0.2, 0.25) is 0 Å². The highest BCUT2D eigenvalue weighted by molar-refractivity contribution is 5.72. The Balaban J connectivity index is 2.38. The number of hydrogen-bond acceptors (Lipinski definition) is 5. The molecule has 0 spiro atoms. The second-order valence-electron chi connectivity index (χ2n) is 5.47. The molecule has 2 heterocycles. The van der Waals surface area contributed by atoms with E-state index >= 15 is 0 Å². The summed E-state index contributed by atoms with van der Waals surface area (Å²) in [5, 5.41) is 0. The minimum Gasteiger partial charge on any atom is -0.497 e. The van der Waals surface area contributed by atoms with E-state index in [0.717, 1.165) is 0 Å². The predicted molar refractivity (Wildman–Crippen MR) is 93.7 cm³/mol. The van der Waals surface area contributed by atoms with Gasteiger partial charge in [-0.2, -0.15) is 0 Å². The highest BCUT2D eigenvalue weighted by Gasteiger charge is 2.18. The summed E-state index contributed by atoms with van der Waals surface area (Å²) < 4.78 is 14.6. The summed E-state index contributed by atoms with van der Waals surface area (Å²) in [5.74, 6) is 0.613. The Hall–Kier alpha value is -2.87. The van der Waals surface area contributed by atoms with Crippen LogP contribution in [-0.4, -0.2) is 39.5 Å². The molecule has 0 saturated carbocycles. The molecular formula is C17H20N4O4. The highest BCUT2D eigenvalue weighted by atomic mass is 16.5. The van der Waals surface area contributed by atoms with Gasteiger partial charge in [-0.25, -0.2) is 14.3 Å². The maximum absolute atomic E-state index is 13.0. The monoisotopic (exact) mass is 344 g/mol. The Morgan fingerprint density at radius 1 is 1.20 bits per heavy atom. The third-order valence-electron chi connectivity index (χ3n) is 4.07. The van der Waals surface area contributed by atoms with Crippen molar-refractivity contribution in [3.05, 3.63) is 51.4 Å². The van der Waals surface area contributed by atoms with Gasteiger partial charge in [-0.1, -0.05) is 6.07 Å². The molecule has 0 fully saturated rings. The first-order valence-electron chi connectivity index (χ1n) is 7.96. The lowest BCUT2D eigenvalue weighted by molar-refractivity contribution is 0.184. The molecule has 0 aliphatic heterocycles. The summed E-state index contributed by atoms with van der Waals surface area (Å²) in [6, 6.07) is 7.08. The van der Waals surface area contributed by atoms with Crippen molar-refractivity contribution in [1.82, 2.24) is 18.7 Å². The van der Waals surface area contributed by atoms with E-state index in [4.69, 9.17) is 9.47 Å². The summed E-state index contributed by atoms with van der Waals surface area (Å²) >= 11 is 0. The Morgan fingerprint density at radius 3 is 2.68 bits per heavy atom. The average Bonchev–Trinajstić information content (AvgIpc) is 3.06. The molecule has 0 unspecified atom stereocenters. The lowest BCUT2D eigenvalue weighted by Crippen LogP contribution is -2.41. The first kappa shape index (κ1) is 17.0. The Kier molecular flexibility index (Phi) is 4.71. The van der Waals surface area contributed by atoms with Gasteiger partial charge in [-0.05, 0) is 19.1 Å². The van der Waals surface area contributed by atoms with Gasteiger partial charge in [0.05, 0.1) is 32.3 Å². The van der Waals surface area contributed by atoms with Crippen molar-refractivity contribution in [2.75, 3.05) is 20.8 Å². The summed E-state index contributed by atoms with van der Waals surface area (Å²) in [4.78, 5) is 30.1. The number of ether oxygens (including phenoxy) is 2. The van der Waals surface area contributed by atoms with Gasteiger partial charge in [0.1, 0.15) is 5.75 Å². The molecule has 3 aromatic rings. The first-order chi connectivity index (χ1) is 12.1. The first-order valence-corrected chi connectivity index (χ1v) is 7.96. The van der Waals surface area contributed by atoms with Gasteiger partial charge in [0.15, 0.2) is 11.2 Å². The molecule has 0 bridgehead atoms. The molecule has 1 aromatic carbocycles. The number of nitrogens with zero attached hydrogens (tertiary/aromatic N) is 4. The molecule has 8 heteroatoms. The summed E-state index contributed by atoms with van der Waals surface area (Å²) in [5.41, 5.74) is 0.487. The van der Waals surface area contributed by atoms with Gasteiger partial charge in [-0.3, -0.25) is 9.36 Å². The smallest absolute Gasteiger partial charge is 0.337 e. The van der Waals surface area contributed by atoms with Gasteiger partial charge in [0.25, 0.3) is 5.56 Å². The van der Waals surface area contributed by atoms with E-state index < -0.39 is 5.69 Å². The van der Waals surface area contributed by atoms with Crippen LogP contribution in [0.25, 0.3) is 16.9 Å². The Morgan fingerprint density at radius 2 is 2.00 bits per heavy atom. The molecule has 0 N–H and O–H groups in total. The molecule has 0 radical (unpaired) electrons. The summed E-state index contributed by atoms with van der Waals surface area (Å²) in [7, 11) is 3.09. The topological polar surface area (TPSA) is 80.3 Å². The van der Waals surface area contributed by atoms with Crippen LogP contribution >= 0.6 is 0 Å².